The second kappa shape index (κ2) is 5.77. The Labute approximate surface area is 117 Å². The van der Waals surface area contributed by atoms with Gasteiger partial charge in [0.1, 0.15) is 11.4 Å². The van der Waals surface area contributed by atoms with E-state index in [0.29, 0.717) is 12.2 Å². The first kappa shape index (κ1) is 14.1. The number of hydrogen-bond donors (Lipinski definition) is 1. The zero-order chi connectivity index (χ0) is 14.7. The number of methoxy groups -OCH3 is 1. The van der Waals surface area contributed by atoms with E-state index in [0.717, 1.165) is 23.3 Å². The number of benzene rings is 1. The third kappa shape index (κ3) is 2.66. The van der Waals surface area contributed by atoms with Gasteiger partial charge in [-0.2, -0.15) is 5.10 Å². The average molecular weight is 274 g/mol. The maximum atomic E-state index is 11.2. The first-order valence-electron chi connectivity index (χ1n) is 6.53. The molecule has 0 bridgehead atoms. The Morgan fingerprint density at radius 3 is 2.70 bits per heavy atom. The number of nitrogens with zero attached hydrogens (tertiary/aromatic N) is 2. The minimum Gasteiger partial charge on any atom is -0.497 e. The predicted molar refractivity (Wildman–Crippen MR) is 76.2 cm³/mol. The normalized spacial score (nSPS) is 10.6. The highest BCUT2D eigenvalue weighted by atomic mass is 16.5. The molecule has 0 atom stereocenters. The van der Waals surface area contributed by atoms with Gasteiger partial charge in [0.25, 0.3) is 0 Å². The van der Waals surface area contributed by atoms with E-state index in [9.17, 15) is 9.90 Å². The fraction of sp³-hybridized carbons (Fsp3) is 0.333. The highest BCUT2D eigenvalue weighted by Crippen LogP contribution is 2.26. The van der Waals surface area contributed by atoms with Crippen molar-refractivity contribution in [1.29, 1.82) is 0 Å². The number of carbonyl (C=O) groups is 1. The summed E-state index contributed by atoms with van der Waals surface area (Å²) >= 11 is 0. The van der Waals surface area contributed by atoms with Crippen LogP contribution in [0.2, 0.25) is 0 Å². The number of rotatable bonds is 5. The van der Waals surface area contributed by atoms with Crippen LogP contribution in [-0.2, 0) is 6.54 Å². The average Bonchev–Trinajstić information content (AvgIpc) is 2.83. The molecule has 1 aromatic heterocycles. The molecule has 0 spiro atoms. The van der Waals surface area contributed by atoms with Crippen molar-refractivity contribution in [2.45, 2.75) is 26.8 Å². The van der Waals surface area contributed by atoms with Gasteiger partial charge >= 0.3 is 5.97 Å². The molecule has 0 aliphatic carbocycles. The molecule has 1 N–H and O–H groups in total. The van der Waals surface area contributed by atoms with E-state index in [1.807, 2.05) is 32.0 Å². The van der Waals surface area contributed by atoms with Crippen molar-refractivity contribution in [1.82, 2.24) is 9.78 Å². The van der Waals surface area contributed by atoms with Crippen molar-refractivity contribution in [3.05, 3.63) is 35.5 Å². The number of hydrogen-bond acceptors (Lipinski definition) is 3. The van der Waals surface area contributed by atoms with Gasteiger partial charge in [0.05, 0.1) is 12.8 Å². The van der Waals surface area contributed by atoms with Gasteiger partial charge in [0, 0.05) is 12.1 Å². The summed E-state index contributed by atoms with van der Waals surface area (Å²) < 4.78 is 6.71. The van der Waals surface area contributed by atoms with Crippen LogP contribution in [0.4, 0.5) is 0 Å². The van der Waals surface area contributed by atoms with E-state index < -0.39 is 5.97 Å². The van der Waals surface area contributed by atoms with Crippen molar-refractivity contribution < 1.29 is 14.6 Å². The number of ether oxygens (including phenoxy) is 1. The third-order valence-electron chi connectivity index (χ3n) is 3.14. The number of carboxylic acid groups (broad SMARTS) is 1. The number of carboxylic acids is 1. The summed E-state index contributed by atoms with van der Waals surface area (Å²) in [5.41, 5.74) is 2.82. The summed E-state index contributed by atoms with van der Waals surface area (Å²) in [6, 6.07) is 7.28. The molecule has 106 valence electrons. The maximum absolute atomic E-state index is 11.2. The molecule has 0 saturated carbocycles. The van der Waals surface area contributed by atoms with Crippen molar-refractivity contribution >= 4 is 5.97 Å². The van der Waals surface area contributed by atoms with Crippen molar-refractivity contribution in [2.24, 2.45) is 0 Å². The van der Waals surface area contributed by atoms with Gasteiger partial charge in [-0.1, -0.05) is 6.92 Å². The highest BCUT2D eigenvalue weighted by molar-refractivity contribution is 5.87. The molecule has 0 saturated heterocycles. The van der Waals surface area contributed by atoms with Crippen LogP contribution < -0.4 is 4.74 Å². The Morgan fingerprint density at radius 1 is 1.40 bits per heavy atom. The van der Waals surface area contributed by atoms with E-state index in [1.54, 1.807) is 17.9 Å². The van der Waals surface area contributed by atoms with E-state index in [-0.39, 0.29) is 5.69 Å². The standard InChI is InChI=1S/C15H18N2O3/c1-4-7-17-14(15(18)19)9-13(16-17)12-6-5-11(20-3)8-10(12)2/h5-6,8-9H,4,7H2,1-3H3,(H,18,19). The second-order valence-electron chi connectivity index (χ2n) is 4.62. The summed E-state index contributed by atoms with van der Waals surface area (Å²) in [6.45, 7) is 4.54. The quantitative estimate of drug-likeness (QED) is 0.910. The molecule has 20 heavy (non-hydrogen) atoms. The number of aromatic carboxylic acids is 1. The van der Waals surface area contributed by atoms with Crippen molar-refractivity contribution in [3.8, 4) is 17.0 Å². The topological polar surface area (TPSA) is 64.4 Å². The van der Waals surface area contributed by atoms with Crippen molar-refractivity contribution in [3.63, 3.8) is 0 Å². The lowest BCUT2D eigenvalue weighted by Crippen LogP contribution is -2.09. The molecular formula is C15H18N2O3. The minimum atomic E-state index is -0.955. The van der Waals surface area contributed by atoms with Crippen molar-refractivity contribution in [2.75, 3.05) is 7.11 Å². The molecule has 5 heteroatoms. The van der Waals surface area contributed by atoms with Gasteiger partial charge in [-0.25, -0.2) is 4.79 Å². The molecule has 0 aliphatic rings. The maximum Gasteiger partial charge on any atom is 0.354 e. The Kier molecular flexibility index (Phi) is 4.08. The van der Waals surface area contributed by atoms with Crippen LogP contribution in [0.15, 0.2) is 24.3 Å². The third-order valence-corrected chi connectivity index (χ3v) is 3.14. The van der Waals surface area contributed by atoms with E-state index in [2.05, 4.69) is 5.10 Å². The van der Waals surface area contributed by atoms with Crippen LogP contribution in [0, 0.1) is 6.92 Å². The molecule has 0 aliphatic heterocycles. The molecule has 0 fully saturated rings. The molecule has 0 unspecified atom stereocenters. The lowest BCUT2D eigenvalue weighted by molar-refractivity contribution is 0.0683. The van der Waals surface area contributed by atoms with Crippen LogP contribution in [0.5, 0.6) is 5.75 Å². The van der Waals surface area contributed by atoms with Crippen LogP contribution in [0.3, 0.4) is 0 Å². The zero-order valence-electron chi connectivity index (χ0n) is 11.9. The summed E-state index contributed by atoms with van der Waals surface area (Å²) in [6.07, 6.45) is 0.836. The molecule has 2 aromatic rings. The van der Waals surface area contributed by atoms with Gasteiger partial charge in [-0.05, 0) is 43.2 Å². The molecular weight excluding hydrogens is 256 g/mol. The van der Waals surface area contributed by atoms with E-state index in [1.165, 1.54) is 0 Å². The fourth-order valence-electron chi connectivity index (χ4n) is 2.15. The summed E-state index contributed by atoms with van der Waals surface area (Å²) in [5.74, 6) is -0.180. The predicted octanol–water partition coefficient (Wildman–Crippen LogP) is 2.98. The molecule has 1 heterocycles. The van der Waals surface area contributed by atoms with Gasteiger partial charge in [-0.15, -0.1) is 0 Å². The second-order valence-corrected chi connectivity index (χ2v) is 4.62. The minimum absolute atomic E-state index is 0.220. The van der Waals surface area contributed by atoms with Crippen LogP contribution in [0.25, 0.3) is 11.3 Å². The van der Waals surface area contributed by atoms with Gasteiger partial charge in [-0.3, -0.25) is 4.68 Å². The van der Waals surface area contributed by atoms with Gasteiger partial charge in [0.15, 0.2) is 0 Å². The largest absolute Gasteiger partial charge is 0.497 e. The van der Waals surface area contributed by atoms with E-state index >= 15 is 0 Å². The SMILES string of the molecule is CCCn1nc(-c2ccc(OC)cc2C)cc1C(=O)O. The monoisotopic (exact) mass is 274 g/mol. The fourth-order valence-corrected chi connectivity index (χ4v) is 2.15. The Morgan fingerprint density at radius 2 is 2.15 bits per heavy atom. The van der Waals surface area contributed by atoms with Crippen LogP contribution in [0.1, 0.15) is 29.4 Å². The lowest BCUT2D eigenvalue weighted by atomic mass is 10.1. The van der Waals surface area contributed by atoms with Gasteiger partial charge in [0.2, 0.25) is 0 Å². The smallest absolute Gasteiger partial charge is 0.354 e. The zero-order valence-corrected chi connectivity index (χ0v) is 11.9. The summed E-state index contributed by atoms with van der Waals surface area (Å²) in [5, 5.41) is 13.6. The van der Waals surface area contributed by atoms with Crippen LogP contribution >= 0.6 is 0 Å². The number of aryl methyl sites for hydroxylation is 2. The highest BCUT2D eigenvalue weighted by Gasteiger charge is 2.16. The molecule has 0 amide bonds. The Balaban J connectivity index is 2.47. The molecule has 5 nitrogen and oxygen atoms in total. The van der Waals surface area contributed by atoms with Gasteiger partial charge < -0.3 is 9.84 Å². The molecule has 2 rings (SSSR count). The van der Waals surface area contributed by atoms with Crippen LogP contribution in [-0.4, -0.2) is 28.0 Å². The molecule has 1 aromatic carbocycles. The number of aromatic nitrogens is 2. The summed E-state index contributed by atoms with van der Waals surface area (Å²) in [7, 11) is 1.62. The van der Waals surface area contributed by atoms with E-state index in [4.69, 9.17) is 4.74 Å². The first-order chi connectivity index (χ1) is 9.56. The first-order valence-corrected chi connectivity index (χ1v) is 6.53. The summed E-state index contributed by atoms with van der Waals surface area (Å²) in [4.78, 5) is 11.2. The molecule has 0 radical (unpaired) electrons. The lowest BCUT2D eigenvalue weighted by Gasteiger charge is -2.05. The Bertz CT molecular complexity index is 632. The Hall–Kier alpha value is -2.30.